The van der Waals surface area contributed by atoms with Gasteiger partial charge in [0.1, 0.15) is 23.7 Å². The van der Waals surface area contributed by atoms with Gasteiger partial charge in [0, 0.05) is 24.8 Å². The zero-order chi connectivity index (χ0) is 42.0. The van der Waals surface area contributed by atoms with Crippen molar-refractivity contribution in [3.8, 4) is 33.6 Å². The molecule has 4 atom stereocenters. The normalized spacial score (nSPS) is 17.7. The number of nitrogens with one attached hydrogen (secondary N) is 4. The molecular weight excluding hydrogens is 749 g/mol. The van der Waals surface area contributed by atoms with E-state index in [1.807, 2.05) is 49.9 Å². The number of aryl methyl sites for hydroxylation is 1. The van der Waals surface area contributed by atoms with Gasteiger partial charge in [-0.05, 0) is 95.7 Å². The minimum atomic E-state index is -0.689. The smallest absolute Gasteiger partial charge is 0.407 e. The molecule has 0 unspecified atom stereocenters. The first-order valence-corrected chi connectivity index (χ1v) is 20.4. The van der Waals surface area contributed by atoms with Crippen LogP contribution in [0, 0.1) is 18.8 Å². The Labute approximate surface area is 344 Å². The van der Waals surface area contributed by atoms with Gasteiger partial charge in [-0.3, -0.25) is 9.59 Å². The van der Waals surface area contributed by atoms with Gasteiger partial charge in [-0.15, -0.1) is 0 Å². The van der Waals surface area contributed by atoms with E-state index in [4.69, 9.17) is 19.4 Å². The molecule has 7 rings (SSSR count). The zero-order valence-corrected chi connectivity index (χ0v) is 34.8. The number of aromatic nitrogens is 4. The van der Waals surface area contributed by atoms with Crippen LogP contribution < -0.4 is 10.6 Å². The van der Waals surface area contributed by atoms with E-state index in [1.165, 1.54) is 14.2 Å². The fraction of sp³-hybridized carbons (Fsp3) is 0.422. The fourth-order valence-corrected chi connectivity index (χ4v) is 8.42. The molecule has 0 bridgehead atoms. The number of carbonyl (C=O) groups excluding carboxylic acids is 4. The van der Waals surface area contributed by atoms with Crippen LogP contribution in [0.1, 0.15) is 82.7 Å². The van der Waals surface area contributed by atoms with Crippen LogP contribution in [0.5, 0.6) is 0 Å². The van der Waals surface area contributed by atoms with Crippen LogP contribution in [0.25, 0.3) is 44.4 Å². The van der Waals surface area contributed by atoms with Gasteiger partial charge in [0.05, 0.1) is 43.9 Å². The van der Waals surface area contributed by atoms with Gasteiger partial charge in [-0.2, -0.15) is 0 Å². The SMILES string of the molecule is COC(=O)N[C@H](C(=O)N1CCC[C@H]1c1nc(-c2ccc3cc(-c4ccc(-c5cnc([C@@H]6CCCN6C(=O)[C@@H](NC(=O)OC)C(C)C)[nH]5)cc4C)ccc3c2)c[nH]1)C(C)C. The Morgan fingerprint density at radius 2 is 1.27 bits per heavy atom. The number of rotatable bonds is 11. The van der Waals surface area contributed by atoms with Crippen molar-refractivity contribution in [1.82, 2.24) is 40.4 Å². The third-order valence-electron chi connectivity index (χ3n) is 11.7. The Bertz CT molecular complexity index is 2350. The van der Waals surface area contributed by atoms with Crippen molar-refractivity contribution in [3.63, 3.8) is 0 Å². The van der Waals surface area contributed by atoms with Crippen molar-refractivity contribution in [2.75, 3.05) is 27.3 Å². The fourth-order valence-electron chi connectivity index (χ4n) is 8.42. The highest BCUT2D eigenvalue weighted by Crippen LogP contribution is 2.36. The molecule has 59 heavy (non-hydrogen) atoms. The second-order valence-corrected chi connectivity index (χ2v) is 16.3. The molecule has 4 heterocycles. The van der Waals surface area contributed by atoms with E-state index in [9.17, 15) is 19.2 Å². The second-order valence-electron chi connectivity index (χ2n) is 16.3. The first kappa shape index (κ1) is 41.0. The molecule has 14 heteroatoms. The number of nitrogens with zero attached hydrogens (tertiary/aromatic N) is 4. The summed E-state index contributed by atoms with van der Waals surface area (Å²) in [7, 11) is 2.59. The number of benzene rings is 3. The number of aromatic amines is 2. The molecule has 14 nitrogen and oxygen atoms in total. The lowest BCUT2D eigenvalue weighted by Gasteiger charge is -2.30. The summed E-state index contributed by atoms with van der Waals surface area (Å²) in [6.45, 7) is 10.9. The van der Waals surface area contributed by atoms with E-state index >= 15 is 0 Å². The average Bonchev–Trinajstić information content (AvgIpc) is 4.07. The van der Waals surface area contributed by atoms with Gasteiger partial charge in [-0.1, -0.05) is 64.1 Å². The van der Waals surface area contributed by atoms with E-state index < -0.39 is 24.3 Å². The predicted molar refractivity (Wildman–Crippen MR) is 225 cm³/mol. The lowest BCUT2D eigenvalue weighted by Crippen LogP contribution is -2.51. The molecule has 4 amide bonds. The van der Waals surface area contributed by atoms with Crippen LogP contribution in [0.3, 0.4) is 0 Å². The highest BCUT2D eigenvalue weighted by Gasteiger charge is 2.39. The zero-order valence-electron chi connectivity index (χ0n) is 34.8. The number of amides is 4. The van der Waals surface area contributed by atoms with Crippen molar-refractivity contribution in [3.05, 3.63) is 84.2 Å². The summed E-state index contributed by atoms with van der Waals surface area (Å²) in [6, 6.07) is 17.4. The van der Waals surface area contributed by atoms with Crippen LogP contribution in [-0.2, 0) is 19.1 Å². The molecule has 2 saturated heterocycles. The minimum Gasteiger partial charge on any atom is -0.453 e. The lowest BCUT2D eigenvalue weighted by molar-refractivity contribution is -0.136. The van der Waals surface area contributed by atoms with Gasteiger partial charge in [0.2, 0.25) is 11.8 Å². The summed E-state index contributed by atoms with van der Waals surface area (Å²) in [4.78, 5) is 71.3. The predicted octanol–water partition coefficient (Wildman–Crippen LogP) is 7.68. The number of hydrogen-bond donors (Lipinski definition) is 4. The van der Waals surface area contributed by atoms with Gasteiger partial charge in [-0.25, -0.2) is 19.6 Å². The van der Waals surface area contributed by atoms with Crippen molar-refractivity contribution < 1.29 is 28.7 Å². The maximum absolute atomic E-state index is 13.6. The molecule has 2 aromatic heterocycles. The van der Waals surface area contributed by atoms with Crippen molar-refractivity contribution in [1.29, 1.82) is 0 Å². The van der Waals surface area contributed by atoms with Crippen LogP contribution in [0.4, 0.5) is 9.59 Å². The summed E-state index contributed by atoms with van der Waals surface area (Å²) in [6.07, 6.45) is 5.73. The first-order chi connectivity index (χ1) is 28.4. The summed E-state index contributed by atoms with van der Waals surface area (Å²) in [5, 5.41) is 7.60. The van der Waals surface area contributed by atoms with E-state index in [0.717, 1.165) is 87.3 Å². The van der Waals surface area contributed by atoms with E-state index in [-0.39, 0.29) is 35.7 Å². The van der Waals surface area contributed by atoms with Crippen molar-refractivity contribution in [2.45, 2.75) is 84.5 Å². The monoisotopic (exact) mass is 802 g/mol. The molecule has 2 fully saturated rings. The number of ether oxygens (including phenoxy) is 2. The van der Waals surface area contributed by atoms with Gasteiger partial charge in [0.25, 0.3) is 0 Å². The molecule has 310 valence electrons. The Balaban J connectivity index is 1.05. The molecule has 0 saturated carbocycles. The van der Waals surface area contributed by atoms with E-state index in [1.54, 1.807) is 0 Å². The summed E-state index contributed by atoms with van der Waals surface area (Å²) in [5.74, 6) is 0.973. The van der Waals surface area contributed by atoms with Gasteiger partial charge in [0.15, 0.2) is 0 Å². The number of H-pyrrole nitrogens is 2. The van der Waals surface area contributed by atoms with Gasteiger partial charge < -0.3 is 39.9 Å². The van der Waals surface area contributed by atoms with E-state index in [0.29, 0.717) is 13.1 Å². The topological polar surface area (TPSA) is 175 Å². The second kappa shape index (κ2) is 17.4. The number of carbonyl (C=O) groups is 4. The number of fused-ring (bicyclic) bond motifs is 1. The maximum Gasteiger partial charge on any atom is 0.407 e. The molecule has 3 aromatic carbocycles. The quantitative estimate of drug-likeness (QED) is 0.105. The molecular formula is C45H54N8O6. The number of methoxy groups -OCH3 is 2. The number of alkyl carbamates (subject to hydrolysis) is 2. The molecule has 0 aliphatic carbocycles. The largest absolute Gasteiger partial charge is 0.453 e. The standard InChI is InChI=1S/C45H54N8O6/c1-25(2)38(50-44(56)58-6)42(54)52-18-8-10-36(52)40-46-23-34(48-40)31-16-17-33(27(5)20-31)30-14-12-29-22-32(15-13-28(29)21-30)35-24-47-41(49-35)37-11-9-19-53(37)43(55)39(26(3)4)51-45(57)59-7/h12-17,20-26,36-39H,8-11,18-19H2,1-7H3,(H,46,48)(H,47,49)(H,50,56)(H,51,57)/t36-,37-,38-,39-/m0/s1. The maximum atomic E-state index is 13.6. The number of likely N-dealkylation sites (tertiary alicyclic amines) is 2. The van der Waals surface area contributed by atoms with Crippen molar-refractivity contribution in [2.24, 2.45) is 11.8 Å². The molecule has 2 aliphatic heterocycles. The summed E-state index contributed by atoms with van der Waals surface area (Å²) < 4.78 is 9.54. The third-order valence-corrected chi connectivity index (χ3v) is 11.7. The van der Waals surface area contributed by atoms with Crippen LogP contribution in [-0.4, -0.2) is 93.1 Å². The Morgan fingerprint density at radius 3 is 1.83 bits per heavy atom. The highest BCUT2D eigenvalue weighted by molar-refractivity contribution is 5.91. The Kier molecular flexibility index (Phi) is 12.1. The Morgan fingerprint density at radius 1 is 0.729 bits per heavy atom. The highest BCUT2D eigenvalue weighted by atomic mass is 16.5. The third kappa shape index (κ3) is 8.53. The summed E-state index contributed by atoms with van der Waals surface area (Å²) >= 11 is 0. The molecule has 0 spiro atoms. The van der Waals surface area contributed by atoms with Crippen LogP contribution in [0.15, 0.2) is 67.0 Å². The number of imidazole rings is 2. The lowest BCUT2D eigenvalue weighted by atomic mass is 9.95. The molecule has 4 N–H and O–H groups in total. The van der Waals surface area contributed by atoms with Crippen molar-refractivity contribution >= 4 is 34.8 Å². The van der Waals surface area contributed by atoms with E-state index in [2.05, 4.69) is 82.1 Å². The molecule has 2 aliphatic rings. The first-order valence-electron chi connectivity index (χ1n) is 20.4. The van der Waals surface area contributed by atoms with Crippen LogP contribution >= 0.6 is 0 Å². The summed E-state index contributed by atoms with van der Waals surface area (Å²) in [5.41, 5.74) is 6.99. The Hall–Kier alpha value is -6.18. The van der Waals surface area contributed by atoms with Gasteiger partial charge >= 0.3 is 12.2 Å². The number of hydrogen-bond acceptors (Lipinski definition) is 8. The molecule has 0 radical (unpaired) electrons. The van der Waals surface area contributed by atoms with Crippen LogP contribution in [0.2, 0.25) is 0 Å². The average molecular weight is 803 g/mol. The molecule has 5 aromatic rings. The minimum absolute atomic E-state index is 0.106.